The van der Waals surface area contributed by atoms with Gasteiger partial charge in [-0.05, 0) is 40.0 Å². The van der Waals surface area contributed by atoms with Crippen molar-refractivity contribution in [1.82, 2.24) is 10.2 Å². The minimum atomic E-state index is -2.59. The monoisotopic (exact) mass is 290 g/mol. The van der Waals surface area contributed by atoms with Crippen molar-refractivity contribution in [3.63, 3.8) is 0 Å². The Morgan fingerprint density at radius 2 is 1.75 bits per heavy atom. The zero-order valence-corrected chi connectivity index (χ0v) is 12.5. The molecule has 0 aromatic rings. The van der Waals surface area contributed by atoms with E-state index in [0.29, 0.717) is 32.4 Å². The third-order valence-electron chi connectivity index (χ3n) is 4.06. The Bertz CT molecular complexity index is 360. The van der Waals surface area contributed by atoms with Gasteiger partial charge in [-0.25, -0.2) is 13.6 Å². The van der Waals surface area contributed by atoms with Gasteiger partial charge in [0.1, 0.15) is 5.60 Å². The van der Waals surface area contributed by atoms with Crippen molar-refractivity contribution in [2.45, 2.75) is 63.5 Å². The van der Waals surface area contributed by atoms with Crippen molar-refractivity contribution in [2.24, 2.45) is 0 Å². The lowest BCUT2D eigenvalue weighted by Gasteiger charge is -2.46. The van der Waals surface area contributed by atoms with Crippen molar-refractivity contribution < 1.29 is 18.3 Å². The number of alkyl halides is 2. The molecule has 0 unspecified atom stereocenters. The van der Waals surface area contributed by atoms with E-state index in [9.17, 15) is 13.6 Å². The lowest BCUT2D eigenvalue weighted by atomic mass is 9.79. The first-order chi connectivity index (χ1) is 9.11. The number of amides is 1. The summed E-state index contributed by atoms with van der Waals surface area (Å²) < 4.78 is 31.7. The summed E-state index contributed by atoms with van der Waals surface area (Å²) in [5.41, 5.74) is -0.725. The van der Waals surface area contributed by atoms with Crippen molar-refractivity contribution >= 4 is 6.09 Å². The Morgan fingerprint density at radius 3 is 2.20 bits per heavy atom. The molecular weight excluding hydrogens is 266 g/mol. The lowest BCUT2D eigenvalue weighted by Crippen LogP contribution is -2.60. The summed E-state index contributed by atoms with van der Waals surface area (Å²) in [5, 5.41) is 3.00. The molecule has 0 saturated carbocycles. The second kappa shape index (κ2) is 5.13. The zero-order valence-electron chi connectivity index (χ0n) is 12.5. The number of halogens is 2. The fourth-order valence-corrected chi connectivity index (χ4v) is 2.79. The SMILES string of the molecule is CC(C)(C)OC(=O)N1CCC2(CC1)CCC(F)(F)CN2. The van der Waals surface area contributed by atoms with E-state index in [0.717, 1.165) is 0 Å². The maximum atomic E-state index is 13.2. The highest BCUT2D eigenvalue weighted by Gasteiger charge is 2.45. The average molecular weight is 290 g/mol. The van der Waals surface area contributed by atoms with Crippen LogP contribution in [0.5, 0.6) is 0 Å². The predicted octanol–water partition coefficient (Wildman–Crippen LogP) is 2.77. The number of nitrogens with zero attached hydrogens (tertiary/aromatic N) is 1. The number of hydrogen-bond donors (Lipinski definition) is 1. The van der Waals surface area contributed by atoms with Crippen LogP contribution in [-0.2, 0) is 4.74 Å². The quantitative estimate of drug-likeness (QED) is 0.746. The third kappa shape index (κ3) is 3.81. The lowest BCUT2D eigenvalue weighted by molar-refractivity contribution is -0.0575. The number of nitrogens with one attached hydrogen (secondary N) is 1. The molecule has 0 bridgehead atoms. The number of carbonyl (C=O) groups is 1. The molecule has 0 aliphatic carbocycles. The van der Waals surface area contributed by atoms with E-state index >= 15 is 0 Å². The highest BCUT2D eigenvalue weighted by atomic mass is 19.3. The second-order valence-electron chi connectivity index (χ2n) is 6.96. The maximum Gasteiger partial charge on any atom is 0.410 e. The van der Waals surface area contributed by atoms with E-state index < -0.39 is 11.5 Å². The fourth-order valence-electron chi connectivity index (χ4n) is 2.79. The molecular formula is C14H24F2N2O2. The van der Waals surface area contributed by atoms with E-state index in [1.807, 2.05) is 20.8 Å². The van der Waals surface area contributed by atoms with Gasteiger partial charge in [0.2, 0.25) is 0 Å². The van der Waals surface area contributed by atoms with Gasteiger partial charge in [-0.1, -0.05) is 0 Å². The van der Waals surface area contributed by atoms with Crippen molar-refractivity contribution in [1.29, 1.82) is 0 Å². The Morgan fingerprint density at radius 1 is 1.15 bits per heavy atom. The van der Waals surface area contributed by atoms with Crippen LogP contribution in [-0.4, -0.2) is 47.7 Å². The second-order valence-corrected chi connectivity index (χ2v) is 6.96. The van der Waals surface area contributed by atoms with E-state index in [1.54, 1.807) is 4.90 Å². The molecule has 2 saturated heterocycles. The molecule has 2 rings (SSSR count). The summed E-state index contributed by atoms with van der Waals surface area (Å²) in [5.74, 6) is -2.59. The van der Waals surface area contributed by atoms with Gasteiger partial charge >= 0.3 is 6.09 Å². The van der Waals surface area contributed by atoms with Crippen LogP contribution in [0.4, 0.5) is 13.6 Å². The van der Waals surface area contributed by atoms with Gasteiger partial charge in [0.15, 0.2) is 0 Å². The van der Waals surface area contributed by atoms with Crippen LogP contribution in [0.25, 0.3) is 0 Å². The van der Waals surface area contributed by atoms with Crippen LogP contribution in [0.15, 0.2) is 0 Å². The fraction of sp³-hybridized carbons (Fsp3) is 0.929. The Kier molecular flexibility index (Phi) is 3.97. The van der Waals surface area contributed by atoms with Crippen LogP contribution in [0.1, 0.15) is 46.5 Å². The molecule has 0 aromatic heterocycles. The first kappa shape index (κ1) is 15.5. The molecule has 1 N–H and O–H groups in total. The Balaban J connectivity index is 1.85. The largest absolute Gasteiger partial charge is 0.444 e. The molecule has 0 radical (unpaired) electrons. The molecule has 116 valence electrons. The highest BCUT2D eigenvalue weighted by molar-refractivity contribution is 5.68. The topological polar surface area (TPSA) is 41.6 Å². The zero-order chi connectivity index (χ0) is 15.0. The molecule has 20 heavy (non-hydrogen) atoms. The summed E-state index contributed by atoms with van der Waals surface area (Å²) in [6.07, 6.45) is 1.52. The molecule has 0 atom stereocenters. The van der Waals surface area contributed by atoms with Crippen LogP contribution in [0.3, 0.4) is 0 Å². The summed E-state index contributed by atoms with van der Waals surface area (Å²) in [4.78, 5) is 13.6. The van der Waals surface area contributed by atoms with E-state index in [1.165, 1.54) is 0 Å². The van der Waals surface area contributed by atoms with Gasteiger partial charge in [0.25, 0.3) is 5.92 Å². The summed E-state index contributed by atoms with van der Waals surface area (Å²) in [6.45, 7) is 6.38. The van der Waals surface area contributed by atoms with Crippen molar-refractivity contribution in [3.8, 4) is 0 Å². The third-order valence-corrected chi connectivity index (χ3v) is 4.06. The van der Waals surface area contributed by atoms with Crippen molar-refractivity contribution in [3.05, 3.63) is 0 Å². The number of likely N-dealkylation sites (tertiary alicyclic amines) is 1. The molecule has 1 amide bonds. The number of piperidine rings is 2. The first-order valence-corrected chi connectivity index (χ1v) is 7.22. The first-order valence-electron chi connectivity index (χ1n) is 7.22. The smallest absolute Gasteiger partial charge is 0.410 e. The minimum Gasteiger partial charge on any atom is -0.444 e. The van der Waals surface area contributed by atoms with Crippen LogP contribution < -0.4 is 5.32 Å². The Labute approximate surface area is 118 Å². The van der Waals surface area contributed by atoms with Crippen LogP contribution in [0, 0.1) is 0 Å². The standard InChI is InChI=1S/C14H24F2N2O2/c1-12(2,3)20-11(19)18-8-6-13(7-9-18)4-5-14(15,16)10-17-13/h17H,4-10H2,1-3H3. The van der Waals surface area contributed by atoms with Gasteiger partial charge in [0.05, 0.1) is 6.54 Å². The molecule has 2 aliphatic heterocycles. The summed E-state index contributed by atoms with van der Waals surface area (Å²) in [6, 6.07) is 0. The minimum absolute atomic E-state index is 0.0631. The molecule has 2 heterocycles. The molecule has 2 aliphatic rings. The number of hydrogen-bond acceptors (Lipinski definition) is 3. The molecule has 1 spiro atoms. The summed E-state index contributed by atoms with van der Waals surface area (Å²) in [7, 11) is 0. The Hall–Kier alpha value is -0.910. The van der Waals surface area contributed by atoms with E-state index in [4.69, 9.17) is 4.74 Å². The number of rotatable bonds is 0. The number of ether oxygens (including phenoxy) is 1. The molecule has 2 fully saturated rings. The normalized spacial score (nSPS) is 25.6. The molecule has 6 heteroatoms. The maximum absolute atomic E-state index is 13.2. The van der Waals surface area contributed by atoms with Crippen LogP contribution >= 0.6 is 0 Å². The molecule has 4 nitrogen and oxygen atoms in total. The highest BCUT2D eigenvalue weighted by Crippen LogP contribution is 2.36. The summed E-state index contributed by atoms with van der Waals surface area (Å²) >= 11 is 0. The van der Waals surface area contributed by atoms with E-state index in [-0.39, 0.29) is 24.6 Å². The molecule has 0 aromatic carbocycles. The average Bonchev–Trinajstić information content (AvgIpc) is 2.32. The van der Waals surface area contributed by atoms with Gasteiger partial charge in [-0.2, -0.15) is 0 Å². The van der Waals surface area contributed by atoms with Gasteiger partial charge in [-0.3, -0.25) is 0 Å². The van der Waals surface area contributed by atoms with Gasteiger partial charge in [0, 0.05) is 25.0 Å². The van der Waals surface area contributed by atoms with Crippen molar-refractivity contribution in [2.75, 3.05) is 19.6 Å². The number of carbonyl (C=O) groups excluding carboxylic acids is 1. The van der Waals surface area contributed by atoms with Crippen LogP contribution in [0.2, 0.25) is 0 Å². The predicted molar refractivity (Wildman–Crippen MR) is 72.0 cm³/mol. The van der Waals surface area contributed by atoms with Gasteiger partial charge in [-0.15, -0.1) is 0 Å². The van der Waals surface area contributed by atoms with E-state index in [2.05, 4.69) is 5.32 Å². The van der Waals surface area contributed by atoms with Gasteiger partial charge < -0.3 is 15.0 Å².